The molecule has 1 fully saturated rings. The van der Waals surface area contributed by atoms with Crippen LogP contribution in [0.15, 0.2) is 72.8 Å². The molecule has 1 spiro atoms. The normalized spacial score (nSPS) is 24.3. The van der Waals surface area contributed by atoms with Crippen molar-refractivity contribution in [1.82, 2.24) is 0 Å². The van der Waals surface area contributed by atoms with Gasteiger partial charge in [0.15, 0.2) is 5.60 Å². The molecule has 0 bridgehead atoms. The highest BCUT2D eigenvalue weighted by atomic mass is 28.4. The molecule has 0 unspecified atom stereocenters. The van der Waals surface area contributed by atoms with Crippen LogP contribution in [0.25, 0.3) is 0 Å². The van der Waals surface area contributed by atoms with Crippen molar-refractivity contribution in [1.29, 1.82) is 0 Å². The highest BCUT2D eigenvalue weighted by Crippen LogP contribution is 2.60. The van der Waals surface area contributed by atoms with Gasteiger partial charge < -0.3 is 29.9 Å². The Bertz CT molecular complexity index is 1380. The van der Waals surface area contributed by atoms with Crippen LogP contribution < -0.4 is 16.0 Å². The van der Waals surface area contributed by atoms with Gasteiger partial charge in [-0.3, -0.25) is 9.59 Å². The van der Waals surface area contributed by atoms with Crippen LogP contribution in [0.5, 0.6) is 0 Å². The summed E-state index contributed by atoms with van der Waals surface area (Å²) in [5, 5.41) is 12.5. The molecular formula is C30H34FN3O4Si. The minimum Gasteiger partial charge on any atom is -0.399 e. The predicted molar refractivity (Wildman–Crippen MR) is 153 cm³/mol. The second-order valence-corrected chi connectivity index (χ2v) is 14.8. The fraction of sp³-hybridized carbons (Fsp3) is 0.333. The van der Waals surface area contributed by atoms with Gasteiger partial charge in [0.25, 0.3) is 11.8 Å². The number of para-hydroxylation sites is 1. The molecule has 2 heterocycles. The second kappa shape index (κ2) is 10.2. The summed E-state index contributed by atoms with van der Waals surface area (Å²) in [5.41, 5.74) is 8.07. The van der Waals surface area contributed by atoms with Crippen LogP contribution in [-0.2, 0) is 21.7 Å². The molecule has 0 aliphatic carbocycles. The fourth-order valence-corrected chi connectivity index (χ4v) is 8.81. The molecule has 39 heavy (non-hydrogen) atoms. The highest BCUT2D eigenvalue weighted by Gasteiger charge is 2.66. The summed E-state index contributed by atoms with van der Waals surface area (Å²) >= 11 is 0. The zero-order valence-electron chi connectivity index (χ0n) is 22.4. The van der Waals surface area contributed by atoms with Gasteiger partial charge in [-0.25, -0.2) is 0 Å². The number of nitrogen functional groups attached to an aromatic ring is 1. The quantitative estimate of drug-likeness (QED) is 0.214. The lowest BCUT2D eigenvalue weighted by Crippen LogP contribution is -2.45. The molecule has 3 aromatic carbocycles. The lowest BCUT2D eigenvalue weighted by atomic mass is 9.82. The Kier molecular flexibility index (Phi) is 7.09. The average Bonchev–Trinajstić information content (AvgIpc) is 3.32. The van der Waals surface area contributed by atoms with E-state index < -0.39 is 25.7 Å². The van der Waals surface area contributed by atoms with E-state index in [0.29, 0.717) is 23.5 Å². The lowest BCUT2D eigenvalue weighted by molar-refractivity contribution is -0.146. The van der Waals surface area contributed by atoms with E-state index in [9.17, 15) is 14.7 Å². The van der Waals surface area contributed by atoms with Crippen LogP contribution >= 0.6 is 0 Å². The minimum atomic E-state index is -3.22. The Labute approximate surface area is 229 Å². The number of hydrogen-bond donors (Lipinski definition) is 3. The number of fused-ring (bicyclic) bond motifs is 2. The van der Waals surface area contributed by atoms with Crippen LogP contribution in [0, 0.1) is 5.92 Å². The first kappa shape index (κ1) is 27.0. The number of carbonyl (C=O) groups excluding carboxylic acids is 2. The number of nitrogens with two attached hydrogens (primary N) is 1. The van der Waals surface area contributed by atoms with Crippen LogP contribution in [-0.4, -0.2) is 38.0 Å². The van der Waals surface area contributed by atoms with Gasteiger partial charge in [-0.1, -0.05) is 37.3 Å². The molecule has 3 aromatic rings. The van der Waals surface area contributed by atoms with Crippen LogP contribution in [0.3, 0.4) is 0 Å². The molecule has 1 saturated heterocycles. The van der Waals surface area contributed by atoms with E-state index >= 15 is 4.11 Å². The number of aliphatic hydroxyl groups is 1. The summed E-state index contributed by atoms with van der Waals surface area (Å²) in [6.45, 7) is 5.38. The molecule has 5 rings (SSSR count). The molecule has 9 heteroatoms. The molecule has 0 aromatic heterocycles. The third kappa shape index (κ3) is 4.75. The van der Waals surface area contributed by atoms with E-state index in [1.807, 2.05) is 43.3 Å². The molecule has 4 atom stereocenters. The van der Waals surface area contributed by atoms with Crippen molar-refractivity contribution in [3.63, 3.8) is 0 Å². The third-order valence-corrected chi connectivity index (χ3v) is 10.5. The van der Waals surface area contributed by atoms with E-state index in [1.54, 1.807) is 54.4 Å². The fourth-order valence-electron chi connectivity index (χ4n) is 6.27. The smallest absolute Gasteiger partial charge is 0.264 e. The molecular weight excluding hydrogens is 513 g/mol. The minimum absolute atomic E-state index is 0.130. The lowest BCUT2D eigenvalue weighted by Gasteiger charge is -2.31. The van der Waals surface area contributed by atoms with Gasteiger partial charge in [-0.15, -0.1) is 0 Å². The Morgan fingerprint density at radius 2 is 1.77 bits per heavy atom. The highest BCUT2D eigenvalue weighted by molar-refractivity contribution is 6.72. The number of nitrogens with one attached hydrogen (secondary N) is 1. The zero-order chi connectivity index (χ0) is 27.9. The van der Waals surface area contributed by atoms with E-state index in [-0.39, 0.29) is 30.8 Å². The van der Waals surface area contributed by atoms with Crippen LogP contribution in [0.4, 0.5) is 21.2 Å². The van der Waals surface area contributed by atoms with E-state index in [0.717, 1.165) is 16.8 Å². The van der Waals surface area contributed by atoms with E-state index in [1.165, 1.54) is 0 Å². The van der Waals surface area contributed by atoms with Gasteiger partial charge in [0.2, 0.25) is 8.41 Å². The first-order valence-corrected chi connectivity index (χ1v) is 16.2. The summed E-state index contributed by atoms with van der Waals surface area (Å²) in [7, 11) is -3.22. The summed E-state index contributed by atoms with van der Waals surface area (Å²) in [4.78, 5) is 28.4. The summed E-state index contributed by atoms with van der Waals surface area (Å²) < 4.78 is 22.1. The monoisotopic (exact) mass is 547 g/mol. The van der Waals surface area contributed by atoms with Gasteiger partial charge in [0.1, 0.15) is 0 Å². The molecule has 2 amide bonds. The van der Waals surface area contributed by atoms with Gasteiger partial charge in [-0.05, 0) is 67.5 Å². The topological polar surface area (TPSA) is 105 Å². The molecule has 2 aliphatic heterocycles. The van der Waals surface area contributed by atoms with Crippen molar-refractivity contribution in [2.75, 3.05) is 22.6 Å². The number of halogens is 1. The second-order valence-electron chi connectivity index (χ2n) is 11.0. The first-order chi connectivity index (χ1) is 18.6. The van der Waals surface area contributed by atoms with Crippen molar-refractivity contribution < 1.29 is 23.5 Å². The maximum atomic E-state index is 15.6. The average molecular weight is 548 g/mol. The first-order valence-electron chi connectivity index (χ1n) is 13.2. The largest absolute Gasteiger partial charge is 0.399 e. The maximum Gasteiger partial charge on any atom is 0.264 e. The Morgan fingerprint density at radius 3 is 2.41 bits per heavy atom. The van der Waals surface area contributed by atoms with Crippen molar-refractivity contribution >= 4 is 37.3 Å². The Hall–Kier alpha value is -3.53. The number of benzene rings is 3. The number of rotatable bonds is 7. The third-order valence-electron chi connectivity index (χ3n) is 8.01. The Morgan fingerprint density at radius 1 is 1.10 bits per heavy atom. The maximum absolute atomic E-state index is 15.6. The Balaban J connectivity index is 1.39. The van der Waals surface area contributed by atoms with Crippen molar-refractivity contribution in [3.05, 3.63) is 89.5 Å². The SMILES string of the molecule is C[C@@H]1[C@@H]([Si](C)(C)F)[C@H](CCO)O[C@@]12C(=O)N(Cc1ccc(NC(=O)c3ccc(N)cc3)cc1)c1ccccc12. The summed E-state index contributed by atoms with van der Waals surface area (Å²) in [5.74, 6) is -0.835. The number of anilines is 3. The van der Waals surface area contributed by atoms with Crippen molar-refractivity contribution in [2.24, 2.45) is 5.92 Å². The predicted octanol–water partition coefficient (Wildman–Crippen LogP) is 5.23. The number of nitrogens with zero attached hydrogens (tertiary/aromatic N) is 1. The zero-order valence-corrected chi connectivity index (χ0v) is 23.4. The molecule has 204 valence electrons. The molecule has 0 radical (unpaired) electrons. The summed E-state index contributed by atoms with van der Waals surface area (Å²) in [6.07, 6.45) is -0.242. The summed E-state index contributed by atoms with van der Waals surface area (Å²) in [6, 6.07) is 21.6. The number of aliphatic hydroxyl groups excluding tert-OH is 1. The van der Waals surface area contributed by atoms with Gasteiger partial charge in [0, 0.05) is 40.6 Å². The standard InChI is InChI=1S/C30H34FN3O4Si/c1-19-27(39(2,3)31)26(16-17-35)38-30(19)24-6-4-5-7-25(24)34(29(30)37)18-20-8-14-23(15-9-20)33-28(36)21-10-12-22(32)13-11-21/h4-15,19,26-27,35H,16-18,32H2,1-3H3,(H,33,36)/t19-,26+,27-,30+/m1/s1. The molecule has 7 nitrogen and oxygen atoms in total. The molecule has 4 N–H and O–H groups in total. The molecule has 2 aliphatic rings. The van der Waals surface area contributed by atoms with Crippen LogP contribution in [0.2, 0.25) is 18.6 Å². The number of amides is 2. The van der Waals surface area contributed by atoms with E-state index in [4.69, 9.17) is 10.5 Å². The van der Waals surface area contributed by atoms with Crippen LogP contribution in [0.1, 0.15) is 34.8 Å². The van der Waals surface area contributed by atoms with Crippen molar-refractivity contribution in [2.45, 2.75) is 50.2 Å². The van der Waals surface area contributed by atoms with Crippen molar-refractivity contribution in [3.8, 4) is 0 Å². The van der Waals surface area contributed by atoms with Gasteiger partial charge in [0.05, 0.1) is 18.3 Å². The molecule has 0 saturated carbocycles. The number of carbonyl (C=O) groups is 2. The van der Waals surface area contributed by atoms with Gasteiger partial charge in [-0.2, -0.15) is 0 Å². The van der Waals surface area contributed by atoms with Gasteiger partial charge >= 0.3 is 0 Å². The van der Waals surface area contributed by atoms with E-state index in [2.05, 4.69) is 5.32 Å². The number of hydrogen-bond acceptors (Lipinski definition) is 5. The number of ether oxygens (including phenoxy) is 1.